The molecule has 0 bridgehead atoms. The minimum atomic E-state index is -3.59. The summed E-state index contributed by atoms with van der Waals surface area (Å²) in [5.41, 5.74) is 2.51. The fourth-order valence-corrected chi connectivity index (χ4v) is 6.34. The maximum atomic E-state index is 12.9. The van der Waals surface area contributed by atoms with E-state index in [4.69, 9.17) is 9.47 Å². The highest BCUT2D eigenvalue weighted by molar-refractivity contribution is 7.98. The second-order valence-electron chi connectivity index (χ2n) is 7.75. The van der Waals surface area contributed by atoms with Gasteiger partial charge in [0, 0.05) is 38.4 Å². The third-order valence-electron chi connectivity index (χ3n) is 5.72. The van der Waals surface area contributed by atoms with Crippen molar-refractivity contribution >= 4 is 32.7 Å². The Hall–Kier alpha value is -2.14. The minimum absolute atomic E-state index is 0.312. The molecule has 10 heteroatoms. The lowest BCUT2D eigenvalue weighted by molar-refractivity contribution is 0.250. The summed E-state index contributed by atoms with van der Waals surface area (Å²) in [4.78, 5) is 4.10. The molecule has 168 valence electrons. The number of benzene rings is 1. The Labute approximate surface area is 187 Å². The van der Waals surface area contributed by atoms with Crippen molar-refractivity contribution in [3.8, 4) is 11.5 Å². The van der Waals surface area contributed by atoms with E-state index in [-0.39, 0.29) is 0 Å². The number of aromatic nitrogens is 1. The van der Waals surface area contributed by atoms with E-state index >= 15 is 0 Å². The summed E-state index contributed by atoms with van der Waals surface area (Å²) in [6, 6.07) is 4.10. The average molecular weight is 465 g/mol. The Balaban J connectivity index is 1.36. The van der Waals surface area contributed by atoms with E-state index < -0.39 is 10.0 Å². The molecular formula is C21H28N4O4S2. The molecule has 0 unspecified atom stereocenters. The molecule has 1 N–H and O–H groups in total. The third kappa shape index (κ3) is 4.57. The number of fused-ring (bicyclic) bond motifs is 2. The monoisotopic (exact) mass is 464 g/mol. The first-order valence-electron chi connectivity index (χ1n) is 10.2. The van der Waals surface area contributed by atoms with Gasteiger partial charge >= 0.3 is 0 Å². The Kier molecular flexibility index (Phi) is 6.52. The maximum absolute atomic E-state index is 12.9. The SMILES string of the molecule is COc1cc2c(cc1OC)CN(CCCNS(=O)(=O)C1=c3cnsc3=CCN1C)CC2. The van der Waals surface area contributed by atoms with E-state index in [1.165, 1.54) is 22.7 Å². The number of ether oxygens (including phenoxy) is 2. The van der Waals surface area contributed by atoms with Crippen LogP contribution in [0.5, 0.6) is 11.5 Å². The molecule has 0 aliphatic carbocycles. The largest absolute Gasteiger partial charge is 0.493 e. The normalized spacial score (nSPS) is 16.5. The van der Waals surface area contributed by atoms with Gasteiger partial charge in [-0.2, -0.15) is 4.37 Å². The van der Waals surface area contributed by atoms with Crippen LogP contribution >= 0.6 is 11.5 Å². The Morgan fingerprint density at radius 2 is 1.94 bits per heavy atom. The molecule has 31 heavy (non-hydrogen) atoms. The van der Waals surface area contributed by atoms with Gasteiger partial charge in [0.2, 0.25) is 0 Å². The number of hydrogen-bond donors (Lipinski definition) is 1. The molecule has 2 aliphatic rings. The molecule has 4 rings (SSSR count). The van der Waals surface area contributed by atoms with Gasteiger partial charge in [-0.25, -0.2) is 13.1 Å². The van der Waals surface area contributed by atoms with Crippen LogP contribution in [-0.2, 0) is 23.0 Å². The molecule has 0 amide bonds. The van der Waals surface area contributed by atoms with Crippen molar-refractivity contribution in [2.45, 2.75) is 19.4 Å². The maximum Gasteiger partial charge on any atom is 0.256 e. The lowest BCUT2D eigenvalue weighted by Gasteiger charge is -2.29. The van der Waals surface area contributed by atoms with Gasteiger partial charge in [0.05, 0.1) is 24.9 Å². The summed E-state index contributed by atoms with van der Waals surface area (Å²) in [7, 11) is 1.49. The van der Waals surface area contributed by atoms with Gasteiger partial charge in [0.1, 0.15) is 0 Å². The summed E-state index contributed by atoms with van der Waals surface area (Å²) < 4.78 is 44.5. The van der Waals surface area contributed by atoms with E-state index in [1.54, 1.807) is 32.4 Å². The van der Waals surface area contributed by atoms with Crippen LogP contribution in [0.3, 0.4) is 0 Å². The first kappa shape index (κ1) is 22.1. The van der Waals surface area contributed by atoms with Gasteiger partial charge in [-0.05, 0) is 60.3 Å². The molecule has 2 aromatic rings. The molecule has 0 saturated heterocycles. The fraction of sp³-hybridized carbons (Fsp3) is 0.476. The number of nitrogens with zero attached hydrogens (tertiary/aromatic N) is 3. The third-order valence-corrected chi connectivity index (χ3v) is 8.14. The molecule has 0 atom stereocenters. The van der Waals surface area contributed by atoms with Crippen LogP contribution in [0.4, 0.5) is 0 Å². The molecule has 2 aliphatic heterocycles. The predicted octanol–water partition coefficient (Wildman–Crippen LogP) is 0.320. The van der Waals surface area contributed by atoms with Crippen LogP contribution in [0.2, 0.25) is 0 Å². The highest BCUT2D eigenvalue weighted by Gasteiger charge is 2.25. The first-order valence-corrected chi connectivity index (χ1v) is 12.5. The van der Waals surface area contributed by atoms with Crippen molar-refractivity contribution in [1.82, 2.24) is 18.9 Å². The van der Waals surface area contributed by atoms with Crippen LogP contribution < -0.4 is 23.9 Å². The van der Waals surface area contributed by atoms with Crippen LogP contribution in [0.25, 0.3) is 11.1 Å². The van der Waals surface area contributed by atoms with Crippen molar-refractivity contribution in [1.29, 1.82) is 0 Å². The molecule has 1 aromatic carbocycles. The highest BCUT2D eigenvalue weighted by atomic mass is 32.2. The zero-order chi connectivity index (χ0) is 22.0. The quantitative estimate of drug-likeness (QED) is 0.564. The Morgan fingerprint density at radius 3 is 2.68 bits per heavy atom. The van der Waals surface area contributed by atoms with Crippen molar-refractivity contribution in [3.63, 3.8) is 0 Å². The summed E-state index contributed by atoms with van der Waals surface area (Å²) >= 11 is 1.32. The standard InChI is InChI=1S/C21H28N4O4S2/c1-24-9-6-20-17(13-22-30-20)21(24)31(26,27)23-7-4-8-25-10-5-15-11-18(28-2)19(29-3)12-16(15)14-25/h6,11-13,23H,4-5,7-10,14H2,1-3H3. The molecular weight excluding hydrogens is 436 g/mol. The van der Waals surface area contributed by atoms with E-state index in [2.05, 4.69) is 20.1 Å². The van der Waals surface area contributed by atoms with E-state index in [0.29, 0.717) is 23.3 Å². The van der Waals surface area contributed by atoms with Gasteiger partial charge in [-0.3, -0.25) is 4.90 Å². The van der Waals surface area contributed by atoms with Gasteiger partial charge in [0.25, 0.3) is 10.0 Å². The van der Waals surface area contributed by atoms with E-state index in [9.17, 15) is 8.42 Å². The Morgan fingerprint density at radius 1 is 1.19 bits per heavy atom. The van der Waals surface area contributed by atoms with Crippen LogP contribution in [-0.4, -0.2) is 70.0 Å². The van der Waals surface area contributed by atoms with Gasteiger partial charge < -0.3 is 14.4 Å². The number of methoxy groups -OCH3 is 2. The molecule has 0 radical (unpaired) electrons. The van der Waals surface area contributed by atoms with E-state index in [1.807, 2.05) is 12.1 Å². The number of nitrogens with one attached hydrogen (secondary N) is 1. The van der Waals surface area contributed by atoms with Gasteiger partial charge in [-0.1, -0.05) is 0 Å². The highest BCUT2D eigenvalue weighted by Crippen LogP contribution is 2.33. The molecule has 0 spiro atoms. The second-order valence-corrected chi connectivity index (χ2v) is 10.3. The van der Waals surface area contributed by atoms with Gasteiger partial charge in [-0.15, -0.1) is 0 Å². The van der Waals surface area contributed by atoms with Crippen LogP contribution in [0.15, 0.2) is 18.3 Å². The van der Waals surface area contributed by atoms with Crippen LogP contribution in [0, 0.1) is 0 Å². The van der Waals surface area contributed by atoms with Gasteiger partial charge in [0.15, 0.2) is 16.5 Å². The molecule has 0 saturated carbocycles. The summed E-state index contributed by atoms with van der Waals surface area (Å²) in [6.07, 6.45) is 5.31. The van der Waals surface area contributed by atoms with Crippen molar-refractivity contribution in [2.75, 3.05) is 47.4 Å². The lowest BCUT2D eigenvalue weighted by Crippen LogP contribution is -2.43. The first-order chi connectivity index (χ1) is 14.9. The smallest absolute Gasteiger partial charge is 0.256 e. The zero-order valence-corrected chi connectivity index (χ0v) is 19.7. The molecule has 3 heterocycles. The molecule has 1 aromatic heterocycles. The topological polar surface area (TPSA) is 84.0 Å². The number of rotatable bonds is 8. The Bertz CT molecular complexity index is 1180. The van der Waals surface area contributed by atoms with Crippen molar-refractivity contribution in [3.05, 3.63) is 39.2 Å². The fourth-order valence-electron chi connectivity index (χ4n) is 4.12. The zero-order valence-electron chi connectivity index (χ0n) is 18.1. The predicted molar refractivity (Wildman–Crippen MR) is 122 cm³/mol. The summed E-state index contributed by atoms with van der Waals surface area (Å²) in [5.74, 6) is 1.50. The lowest BCUT2D eigenvalue weighted by atomic mass is 9.98. The molecule has 0 fully saturated rings. The number of hydrogen-bond acceptors (Lipinski definition) is 8. The number of sulfonamides is 1. The summed E-state index contributed by atoms with van der Waals surface area (Å²) in [5, 5.41) is 0.995. The van der Waals surface area contributed by atoms with Crippen LogP contribution in [0.1, 0.15) is 17.5 Å². The second kappa shape index (κ2) is 9.15. The van der Waals surface area contributed by atoms with Crippen molar-refractivity contribution in [2.24, 2.45) is 0 Å². The summed E-state index contributed by atoms with van der Waals surface area (Å²) in [6.45, 7) is 3.54. The van der Waals surface area contributed by atoms with E-state index in [0.717, 1.165) is 48.5 Å². The average Bonchev–Trinajstić information content (AvgIpc) is 3.23. The molecule has 8 nitrogen and oxygen atoms in total. The van der Waals surface area contributed by atoms with Crippen molar-refractivity contribution < 1.29 is 17.9 Å². The minimum Gasteiger partial charge on any atom is -0.493 e.